The second kappa shape index (κ2) is 6.25. The van der Waals surface area contributed by atoms with E-state index in [0.29, 0.717) is 5.75 Å². The van der Waals surface area contributed by atoms with Gasteiger partial charge in [-0.1, -0.05) is 24.1 Å². The van der Waals surface area contributed by atoms with Crippen LogP contribution in [0, 0.1) is 12.3 Å². The normalized spacial score (nSPS) is 10.1. The number of benzene rings is 2. The number of phenols is 1. The van der Waals surface area contributed by atoms with Crippen LogP contribution in [-0.2, 0) is 0 Å². The van der Waals surface area contributed by atoms with E-state index in [1.807, 2.05) is 42.6 Å². The second-order valence-corrected chi connectivity index (χ2v) is 5.04. The van der Waals surface area contributed by atoms with Crippen LogP contribution >= 0.6 is 0 Å². The first kappa shape index (κ1) is 14.7. The molecule has 4 rings (SSSR count). The molecule has 112 valence electrons. The molecule has 0 amide bonds. The summed E-state index contributed by atoms with van der Waals surface area (Å²) >= 11 is 0. The Morgan fingerprint density at radius 1 is 1.04 bits per heavy atom. The van der Waals surface area contributed by atoms with E-state index in [1.54, 1.807) is 19.2 Å². The van der Waals surface area contributed by atoms with E-state index in [0.717, 1.165) is 16.7 Å². The van der Waals surface area contributed by atoms with Gasteiger partial charge < -0.3 is 9.84 Å². The minimum atomic E-state index is 0.158. The van der Waals surface area contributed by atoms with Crippen molar-refractivity contribution in [3.63, 3.8) is 0 Å². The zero-order valence-electron chi connectivity index (χ0n) is 12.7. The number of ether oxygens (including phenoxy) is 1. The number of hydrogen-bond acceptors (Lipinski definition) is 3. The lowest BCUT2D eigenvalue weighted by atomic mass is 10.00. The molecule has 3 nitrogen and oxygen atoms in total. The number of fused-ring (bicyclic) bond motifs is 1. The molecule has 0 saturated carbocycles. The van der Waals surface area contributed by atoms with Gasteiger partial charge in [0.25, 0.3) is 0 Å². The van der Waals surface area contributed by atoms with Gasteiger partial charge in [-0.15, -0.1) is 6.42 Å². The summed E-state index contributed by atoms with van der Waals surface area (Å²) in [4.78, 5) is 3.95. The Hall–Kier alpha value is -3.25. The van der Waals surface area contributed by atoms with E-state index in [9.17, 15) is 5.11 Å². The van der Waals surface area contributed by atoms with Crippen LogP contribution in [0.3, 0.4) is 0 Å². The number of aromatic nitrogens is 1. The van der Waals surface area contributed by atoms with Crippen molar-refractivity contribution in [2.75, 3.05) is 7.11 Å². The molecular formula is C20H15NO2. The number of phenolic OH excluding ortho intramolecular Hbond substituents is 1. The molecule has 0 atom stereocenters. The molecule has 2 aliphatic rings. The molecule has 1 aliphatic heterocycles. The number of hydrogen-bond donors (Lipinski definition) is 1. The Morgan fingerprint density at radius 2 is 1.87 bits per heavy atom. The number of nitrogens with zero attached hydrogens (tertiary/aromatic N) is 1. The van der Waals surface area contributed by atoms with Crippen LogP contribution in [0.2, 0.25) is 0 Å². The number of aromatic hydroxyl groups is 1. The Bertz CT molecular complexity index is 877. The molecule has 23 heavy (non-hydrogen) atoms. The highest BCUT2D eigenvalue weighted by molar-refractivity contribution is 5.75. The first-order chi connectivity index (χ1) is 11.2. The molecule has 2 aromatic rings. The van der Waals surface area contributed by atoms with E-state index in [-0.39, 0.29) is 5.75 Å². The largest absolute Gasteiger partial charge is 0.508 e. The number of terminal acetylenes is 1. The predicted molar refractivity (Wildman–Crippen MR) is 91.3 cm³/mol. The van der Waals surface area contributed by atoms with Crippen molar-refractivity contribution in [2.45, 2.75) is 0 Å². The standard InChI is InChI=1S/C15H12O2.C5H3N/c1-3-11-6-4-5-7-15(11)12-8-13(16)10-14(9-12)17-2;1-2-6-5-3-4(1)5/h1,4-10,16H,2H3;1-3H. The van der Waals surface area contributed by atoms with E-state index in [1.165, 1.54) is 11.3 Å². The molecule has 0 spiro atoms. The van der Waals surface area contributed by atoms with E-state index < -0.39 is 0 Å². The monoisotopic (exact) mass is 301 g/mol. The molecule has 0 aromatic heterocycles. The molecule has 2 aromatic carbocycles. The minimum Gasteiger partial charge on any atom is -0.508 e. The van der Waals surface area contributed by atoms with Crippen molar-refractivity contribution in [3.05, 3.63) is 66.4 Å². The lowest BCUT2D eigenvalue weighted by molar-refractivity contribution is 0.408. The van der Waals surface area contributed by atoms with Crippen LogP contribution in [0.1, 0.15) is 5.56 Å². The van der Waals surface area contributed by atoms with Gasteiger partial charge in [0.2, 0.25) is 0 Å². The first-order valence-corrected chi connectivity index (χ1v) is 7.12. The lowest BCUT2D eigenvalue weighted by Gasteiger charge is -2.08. The van der Waals surface area contributed by atoms with Gasteiger partial charge >= 0.3 is 0 Å². The van der Waals surface area contributed by atoms with Gasteiger partial charge in [0, 0.05) is 23.4 Å². The third kappa shape index (κ3) is 3.33. The fraction of sp³-hybridized carbons (Fsp3) is 0.0500. The van der Waals surface area contributed by atoms with Crippen LogP contribution in [0.4, 0.5) is 0 Å². The molecule has 0 radical (unpaired) electrons. The van der Waals surface area contributed by atoms with Crippen molar-refractivity contribution in [3.8, 4) is 46.2 Å². The van der Waals surface area contributed by atoms with E-state index in [4.69, 9.17) is 11.2 Å². The average molecular weight is 301 g/mol. The molecule has 0 saturated heterocycles. The minimum absolute atomic E-state index is 0.158. The van der Waals surface area contributed by atoms with Crippen LogP contribution in [0.25, 0.3) is 22.4 Å². The summed E-state index contributed by atoms with van der Waals surface area (Å²) in [7, 11) is 1.56. The zero-order chi connectivity index (χ0) is 16.2. The molecule has 1 aliphatic carbocycles. The van der Waals surface area contributed by atoms with E-state index in [2.05, 4.69) is 17.0 Å². The van der Waals surface area contributed by atoms with E-state index >= 15 is 0 Å². The van der Waals surface area contributed by atoms with Crippen molar-refractivity contribution >= 4 is 0 Å². The fourth-order valence-electron chi connectivity index (χ4n) is 2.27. The summed E-state index contributed by atoms with van der Waals surface area (Å²) in [6, 6.07) is 16.7. The topological polar surface area (TPSA) is 42.4 Å². The maximum Gasteiger partial charge on any atom is 0.123 e. The van der Waals surface area contributed by atoms with Crippen molar-refractivity contribution in [1.82, 2.24) is 4.98 Å². The summed E-state index contributed by atoms with van der Waals surface area (Å²) in [5.41, 5.74) is 5.03. The van der Waals surface area contributed by atoms with Gasteiger partial charge in [-0.25, -0.2) is 0 Å². The molecular weight excluding hydrogens is 286 g/mol. The maximum absolute atomic E-state index is 9.62. The van der Waals surface area contributed by atoms with Gasteiger partial charge in [0.05, 0.1) is 12.8 Å². The highest BCUT2D eigenvalue weighted by atomic mass is 16.5. The molecule has 3 heteroatoms. The molecule has 0 fully saturated rings. The van der Waals surface area contributed by atoms with Gasteiger partial charge in [0.1, 0.15) is 11.5 Å². The molecule has 0 unspecified atom stereocenters. The second-order valence-electron chi connectivity index (χ2n) is 5.04. The number of pyridine rings is 1. The maximum atomic E-state index is 9.62. The number of methoxy groups -OCH3 is 1. The Kier molecular flexibility index (Phi) is 3.99. The molecule has 0 bridgehead atoms. The van der Waals surface area contributed by atoms with Crippen LogP contribution in [0.5, 0.6) is 11.5 Å². The lowest BCUT2D eigenvalue weighted by Crippen LogP contribution is -1.87. The van der Waals surface area contributed by atoms with Crippen molar-refractivity contribution < 1.29 is 9.84 Å². The quantitative estimate of drug-likeness (QED) is 0.567. The smallest absolute Gasteiger partial charge is 0.123 e. The van der Waals surface area contributed by atoms with Crippen molar-refractivity contribution in [1.29, 1.82) is 0 Å². The third-order valence-corrected chi connectivity index (χ3v) is 3.49. The van der Waals surface area contributed by atoms with Gasteiger partial charge in [-0.2, -0.15) is 0 Å². The van der Waals surface area contributed by atoms with Gasteiger partial charge in [-0.3, -0.25) is 4.98 Å². The molecule has 1 heterocycles. The Balaban J connectivity index is 0.000000213. The summed E-state index contributed by atoms with van der Waals surface area (Å²) < 4.78 is 5.12. The zero-order valence-corrected chi connectivity index (χ0v) is 12.7. The Labute approximate surface area is 135 Å². The van der Waals surface area contributed by atoms with Crippen LogP contribution < -0.4 is 4.74 Å². The summed E-state index contributed by atoms with van der Waals surface area (Å²) in [5, 5.41) is 9.62. The third-order valence-electron chi connectivity index (χ3n) is 3.49. The van der Waals surface area contributed by atoms with Gasteiger partial charge in [-0.05, 0) is 41.5 Å². The van der Waals surface area contributed by atoms with Gasteiger partial charge in [0.15, 0.2) is 0 Å². The highest BCUT2D eigenvalue weighted by Gasteiger charge is 2.09. The first-order valence-electron chi connectivity index (χ1n) is 7.12. The molecule has 1 N–H and O–H groups in total. The van der Waals surface area contributed by atoms with Crippen LogP contribution in [0.15, 0.2) is 60.8 Å². The van der Waals surface area contributed by atoms with Crippen LogP contribution in [-0.4, -0.2) is 17.2 Å². The average Bonchev–Trinajstić information content (AvgIpc) is 3.20. The summed E-state index contributed by atoms with van der Waals surface area (Å²) in [6.45, 7) is 0. The highest BCUT2D eigenvalue weighted by Crippen LogP contribution is 2.31. The summed E-state index contributed by atoms with van der Waals surface area (Å²) in [6.07, 6.45) is 7.28. The fourth-order valence-corrected chi connectivity index (χ4v) is 2.27. The SMILES string of the molecule is C#Cc1ccccc1-c1cc(O)cc(OC)c1.c1cc2cc-2n1. The summed E-state index contributed by atoms with van der Waals surface area (Å²) in [5.74, 6) is 3.39. The predicted octanol–water partition coefficient (Wildman–Crippen LogP) is 4.11. The van der Waals surface area contributed by atoms with Crippen molar-refractivity contribution in [2.24, 2.45) is 0 Å². The Morgan fingerprint density at radius 3 is 2.43 bits per heavy atom. The number of rotatable bonds is 2.